The van der Waals surface area contributed by atoms with Crippen LogP contribution in [0.5, 0.6) is 5.75 Å². The molecule has 1 aromatic carbocycles. The number of piperazine rings is 1. The van der Waals surface area contributed by atoms with Gasteiger partial charge in [-0.05, 0) is 12.1 Å². The Bertz CT molecular complexity index is 527. The number of carboxylic acid groups (broad SMARTS) is 1. The molecule has 1 aliphatic rings. The van der Waals surface area contributed by atoms with E-state index in [0.717, 1.165) is 24.5 Å². The van der Waals surface area contributed by atoms with Crippen LogP contribution in [0.25, 0.3) is 0 Å². The summed E-state index contributed by atoms with van der Waals surface area (Å²) in [6.07, 6.45) is -0.0600. The summed E-state index contributed by atoms with van der Waals surface area (Å²) in [4.78, 5) is 26.2. The first-order chi connectivity index (χ1) is 10.6. The highest BCUT2D eigenvalue weighted by molar-refractivity contribution is 5.75. The quantitative estimate of drug-likeness (QED) is 0.848. The van der Waals surface area contributed by atoms with Crippen LogP contribution in [0.15, 0.2) is 24.3 Å². The van der Waals surface area contributed by atoms with Gasteiger partial charge in [0.15, 0.2) is 0 Å². The molecular formula is C15H21N3O4. The monoisotopic (exact) mass is 307 g/mol. The molecule has 22 heavy (non-hydrogen) atoms. The number of hydrogen-bond donors (Lipinski definition) is 2. The summed E-state index contributed by atoms with van der Waals surface area (Å²) in [5.41, 5.74) is 1.07. The van der Waals surface area contributed by atoms with Crippen molar-refractivity contribution in [1.82, 2.24) is 10.2 Å². The normalized spacial score (nSPS) is 14.6. The van der Waals surface area contributed by atoms with E-state index < -0.39 is 5.97 Å². The summed E-state index contributed by atoms with van der Waals surface area (Å²) >= 11 is 0. The first-order valence-corrected chi connectivity index (χ1v) is 7.23. The first kappa shape index (κ1) is 15.9. The molecule has 7 heteroatoms. The molecule has 0 aliphatic carbocycles. The number of ether oxygens (including phenoxy) is 1. The number of carbonyl (C=O) groups excluding carboxylic acids is 1. The Kier molecular flexibility index (Phi) is 5.46. The Morgan fingerprint density at radius 3 is 2.64 bits per heavy atom. The average molecular weight is 307 g/mol. The second-order valence-electron chi connectivity index (χ2n) is 5.05. The van der Waals surface area contributed by atoms with Gasteiger partial charge in [0.25, 0.3) is 0 Å². The Morgan fingerprint density at radius 1 is 1.27 bits per heavy atom. The zero-order valence-corrected chi connectivity index (χ0v) is 12.6. The van der Waals surface area contributed by atoms with Crippen LogP contribution in [0, 0.1) is 0 Å². The van der Waals surface area contributed by atoms with Gasteiger partial charge in [-0.15, -0.1) is 0 Å². The van der Waals surface area contributed by atoms with Gasteiger partial charge in [0.1, 0.15) is 5.75 Å². The van der Waals surface area contributed by atoms with Crippen molar-refractivity contribution in [3.8, 4) is 5.75 Å². The number of methoxy groups -OCH3 is 1. The third-order valence-electron chi connectivity index (χ3n) is 3.60. The number of urea groups is 1. The van der Waals surface area contributed by atoms with Crippen LogP contribution in [0.1, 0.15) is 6.42 Å². The average Bonchev–Trinajstić information content (AvgIpc) is 2.54. The van der Waals surface area contributed by atoms with E-state index in [9.17, 15) is 9.59 Å². The molecule has 7 nitrogen and oxygen atoms in total. The summed E-state index contributed by atoms with van der Waals surface area (Å²) in [7, 11) is 1.64. The van der Waals surface area contributed by atoms with Crippen LogP contribution < -0.4 is 15.0 Å². The summed E-state index contributed by atoms with van der Waals surface area (Å²) in [5, 5.41) is 11.2. The Morgan fingerprint density at radius 2 is 2.00 bits per heavy atom. The molecule has 0 atom stereocenters. The minimum Gasteiger partial charge on any atom is -0.497 e. The van der Waals surface area contributed by atoms with E-state index in [1.165, 1.54) is 0 Å². The number of aliphatic carboxylic acids is 1. The number of amides is 2. The predicted octanol–water partition coefficient (Wildman–Crippen LogP) is 1.00. The van der Waals surface area contributed by atoms with Crippen molar-refractivity contribution in [2.75, 3.05) is 44.7 Å². The van der Waals surface area contributed by atoms with Crippen LogP contribution in [-0.2, 0) is 4.79 Å². The SMILES string of the molecule is COc1cccc(N2CCN(C(=O)NCCC(=O)O)CC2)c1. The van der Waals surface area contributed by atoms with Crippen LogP contribution in [0.3, 0.4) is 0 Å². The molecule has 0 unspecified atom stereocenters. The Balaban J connectivity index is 1.82. The van der Waals surface area contributed by atoms with Gasteiger partial charge in [0, 0.05) is 44.5 Å². The van der Waals surface area contributed by atoms with Crippen molar-refractivity contribution in [3.05, 3.63) is 24.3 Å². The van der Waals surface area contributed by atoms with E-state index in [1.807, 2.05) is 24.3 Å². The zero-order chi connectivity index (χ0) is 15.9. The molecule has 1 heterocycles. The fraction of sp³-hybridized carbons (Fsp3) is 0.467. The van der Waals surface area contributed by atoms with E-state index >= 15 is 0 Å². The third-order valence-corrected chi connectivity index (χ3v) is 3.60. The molecule has 0 spiro atoms. The lowest BCUT2D eigenvalue weighted by Gasteiger charge is -2.36. The fourth-order valence-electron chi connectivity index (χ4n) is 2.36. The van der Waals surface area contributed by atoms with Crippen LogP contribution >= 0.6 is 0 Å². The van der Waals surface area contributed by atoms with Gasteiger partial charge >= 0.3 is 12.0 Å². The first-order valence-electron chi connectivity index (χ1n) is 7.23. The molecule has 1 fully saturated rings. The number of rotatable bonds is 5. The van der Waals surface area contributed by atoms with Crippen molar-refractivity contribution < 1.29 is 19.4 Å². The van der Waals surface area contributed by atoms with Gasteiger partial charge in [0.05, 0.1) is 13.5 Å². The van der Waals surface area contributed by atoms with Crippen LogP contribution in [-0.4, -0.2) is 61.8 Å². The Hall–Kier alpha value is -2.44. The minimum absolute atomic E-state index is 0.0600. The molecule has 0 radical (unpaired) electrons. The summed E-state index contributed by atoms with van der Waals surface area (Å²) in [6, 6.07) is 7.63. The molecule has 1 aliphatic heterocycles. The van der Waals surface area contributed by atoms with E-state index in [0.29, 0.717) is 13.1 Å². The third kappa shape index (κ3) is 4.28. The van der Waals surface area contributed by atoms with E-state index in [-0.39, 0.29) is 19.0 Å². The molecule has 120 valence electrons. The molecule has 0 bridgehead atoms. The highest BCUT2D eigenvalue weighted by Crippen LogP contribution is 2.22. The van der Waals surface area contributed by atoms with Crippen molar-refractivity contribution in [2.45, 2.75) is 6.42 Å². The van der Waals surface area contributed by atoms with Gasteiger partial charge in [-0.25, -0.2) is 4.79 Å². The van der Waals surface area contributed by atoms with Gasteiger partial charge < -0.3 is 25.0 Å². The molecule has 0 saturated carbocycles. The van der Waals surface area contributed by atoms with Crippen LogP contribution in [0.2, 0.25) is 0 Å². The fourth-order valence-corrected chi connectivity index (χ4v) is 2.36. The summed E-state index contributed by atoms with van der Waals surface area (Å²) in [6.45, 7) is 2.84. The molecule has 1 saturated heterocycles. The van der Waals surface area contributed by atoms with Crippen LogP contribution in [0.4, 0.5) is 10.5 Å². The lowest BCUT2D eigenvalue weighted by molar-refractivity contribution is -0.136. The molecule has 2 N–H and O–H groups in total. The maximum absolute atomic E-state index is 11.9. The second-order valence-corrected chi connectivity index (χ2v) is 5.05. The maximum atomic E-state index is 11.9. The number of hydrogen-bond acceptors (Lipinski definition) is 4. The van der Waals surface area contributed by atoms with Crippen molar-refractivity contribution in [3.63, 3.8) is 0 Å². The molecule has 0 aromatic heterocycles. The number of carboxylic acids is 1. The molecular weight excluding hydrogens is 286 g/mol. The van der Waals surface area contributed by atoms with Crippen molar-refractivity contribution >= 4 is 17.7 Å². The van der Waals surface area contributed by atoms with Gasteiger partial charge in [-0.1, -0.05) is 6.07 Å². The number of nitrogens with one attached hydrogen (secondary N) is 1. The number of nitrogens with zero attached hydrogens (tertiary/aromatic N) is 2. The molecule has 1 aromatic rings. The smallest absolute Gasteiger partial charge is 0.317 e. The maximum Gasteiger partial charge on any atom is 0.317 e. The molecule has 2 amide bonds. The largest absolute Gasteiger partial charge is 0.497 e. The minimum atomic E-state index is -0.914. The lowest BCUT2D eigenvalue weighted by Crippen LogP contribution is -2.52. The van der Waals surface area contributed by atoms with Crippen molar-refractivity contribution in [1.29, 1.82) is 0 Å². The van der Waals surface area contributed by atoms with Gasteiger partial charge in [-0.2, -0.15) is 0 Å². The topological polar surface area (TPSA) is 82.1 Å². The highest BCUT2D eigenvalue weighted by atomic mass is 16.5. The Labute approximate surface area is 129 Å². The lowest BCUT2D eigenvalue weighted by atomic mass is 10.2. The van der Waals surface area contributed by atoms with E-state index in [1.54, 1.807) is 12.0 Å². The zero-order valence-electron chi connectivity index (χ0n) is 12.6. The predicted molar refractivity (Wildman–Crippen MR) is 82.4 cm³/mol. The van der Waals surface area contributed by atoms with Crippen molar-refractivity contribution in [2.24, 2.45) is 0 Å². The van der Waals surface area contributed by atoms with E-state index in [4.69, 9.17) is 9.84 Å². The number of anilines is 1. The summed E-state index contributed by atoms with van der Waals surface area (Å²) in [5.74, 6) is -0.102. The summed E-state index contributed by atoms with van der Waals surface area (Å²) < 4.78 is 5.22. The number of benzene rings is 1. The number of carbonyl (C=O) groups is 2. The van der Waals surface area contributed by atoms with Gasteiger partial charge in [0.2, 0.25) is 0 Å². The highest BCUT2D eigenvalue weighted by Gasteiger charge is 2.21. The standard InChI is InChI=1S/C15H21N3O4/c1-22-13-4-2-3-12(11-13)17-7-9-18(10-8-17)15(21)16-6-5-14(19)20/h2-4,11H,5-10H2,1H3,(H,16,21)(H,19,20). The second kappa shape index (κ2) is 7.53. The molecule has 2 rings (SSSR count). The van der Waals surface area contributed by atoms with Gasteiger partial charge in [-0.3, -0.25) is 4.79 Å². The van der Waals surface area contributed by atoms with E-state index in [2.05, 4.69) is 10.2 Å².